The van der Waals surface area contributed by atoms with Crippen molar-refractivity contribution in [2.24, 2.45) is 0 Å². The first-order chi connectivity index (χ1) is 8.33. The predicted octanol–water partition coefficient (Wildman–Crippen LogP) is 1.67. The van der Waals surface area contributed by atoms with Crippen molar-refractivity contribution in [3.8, 4) is 11.5 Å². The Morgan fingerprint density at radius 1 is 1.06 bits per heavy atom. The van der Waals surface area contributed by atoms with Gasteiger partial charge in [-0.2, -0.15) is 0 Å². The van der Waals surface area contributed by atoms with Gasteiger partial charge in [0.1, 0.15) is 13.2 Å². The van der Waals surface area contributed by atoms with Crippen LogP contribution in [0.1, 0.15) is 24.5 Å². The van der Waals surface area contributed by atoms with Gasteiger partial charge in [-0.1, -0.05) is 6.07 Å². The van der Waals surface area contributed by atoms with E-state index in [1.54, 1.807) is 0 Å². The van der Waals surface area contributed by atoms with Crippen LogP contribution in [0.2, 0.25) is 0 Å². The van der Waals surface area contributed by atoms with Gasteiger partial charge in [0.25, 0.3) is 0 Å². The summed E-state index contributed by atoms with van der Waals surface area (Å²) in [6, 6.07) is 5.85. The number of fused-ring (bicyclic) bond motifs is 1. The van der Waals surface area contributed by atoms with E-state index in [1.807, 2.05) is 18.2 Å². The molecule has 0 spiro atoms. The van der Waals surface area contributed by atoms with Crippen molar-refractivity contribution in [1.29, 1.82) is 0 Å². The quantitative estimate of drug-likeness (QED) is 0.805. The summed E-state index contributed by atoms with van der Waals surface area (Å²) in [7, 11) is 0. The van der Waals surface area contributed by atoms with E-state index < -0.39 is 0 Å². The van der Waals surface area contributed by atoms with Crippen molar-refractivity contribution in [2.45, 2.75) is 25.0 Å². The van der Waals surface area contributed by atoms with Crippen LogP contribution in [-0.2, 0) is 4.74 Å². The fourth-order valence-electron chi connectivity index (χ4n) is 2.27. The first kappa shape index (κ1) is 10.9. The van der Waals surface area contributed by atoms with Gasteiger partial charge in [0, 0.05) is 13.0 Å². The molecule has 17 heavy (non-hydrogen) atoms. The van der Waals surface area contributed by atoms with E-state index in [1.165, 1.54) is 0 Å². The Morgan fingerprint density at radius 3 is 2.71 bits per heavy atom. The molecule has 1 aromatic carbocycles. The Balaban J connectivity index is 1.83. The van der Waals surface area contributed by atoms with Gasteiger partial charge in [0.2, 0.25) is 0 Å². The van der Waals surface area contributed by atoms with Gasteiger partial charge in [0.05, 0.1) is 12.2 Å². The third kappa shape index (κ3) is 2.23. The molecule has 4 nitrogen and oxygen atoms in total. The van der Waals surface area contributed by atoms with Crippen molar-refractivity contribution >= 4 is 0 Å². The fraction of sp³-hybridized carbons (Fsp3) is 0.538. The number of hydrogen-bond acceptors (Lipinski definition) is 4. The van der Waals surface area contributed by atoms with Gasteiger partial charge in [-0.25, -0.2) is 0 Å². The largest absolute Gasteiger partial charge is 0.486 e. The summed E-state index contributed by atoms with van der Waals surface area (Å²) >= 11 is 0. The molecule has 4 heteroatoms. The molecule has 2 aliphatic heterocycles. The lowest BCUT2D eigenvalue weighted by atomic mass is 9.99. The van der Waals surface area contributed by atoms with Crippen LogP contribution in [0.25, 0.3) is 0 Å². The molecule has 0 radical (unpaired) electrons. The Hall–Kier alpha value is -1.26. The maximum atomic E-state index is 9.64. The van der Waals surface area contributed by atoms with E-state index in [2.05, 4.69) is 0 Å². The minimum Gasteiger partial charge on any atom is -0.486 e. The second kappa shape index (κ2) is 4.55. The number of aliphatic hydroxyl groups is 1. The van der Waals surface area contributed by atoms with E-state index >= 15 is 0 Å². The molecule has 2 aliphatic rings. The molecule has 2 atom stereocenters. The molecule has 3 rings (SSSR count). The smallest absolute Gasteiger partial charge is 0.161 e. The normalized spacial score (nSPS) is 27.8. The van der Waals surface area contributed by atoms with Gasteiger partial charge < -0.3 is 19.3 Å². The monoisotopic (exact) mass is 236 g/mol. The molecule has 1 fully saturated rings. The first-order valence-electron chi connectivity index (χ1n) is 6.02. The lowest BCUT2D eigenvalue weighted by molar-refractivity contribution is -0.0449. The Labute approximate surface area is 100 Å². The molecule has 1 aromatic rings. The third-order valence-corrected chi connectivity index (χ3v) is 3.19. The zero-order valence-electron chi connectivity index (χ0n) is 9.59. The highest BCUT2D eigenvalue weighted by atomic mass is 16.6. The summed E-state index contributed by atoms with van der Waals surface area (Å²) < 4.78 is 16.7. The third-order valence-electron chi connectivity index (χ3n) is 3.19. The van der Waals surface area contributed by atoms with Gasteiger partial charge in [0.15, 0.2) is 11.5 Å². The maximum absolute atomic E-state index is 9.64. The van der Waals surface area contributed by atoms with E-state index in [0.717, 1.165) is 23.5 Å². The van der Waals surface area contributed by atoms with Crippen molar-refractivity contribution < 1.29 is 19.3 Å². The molecular weight excluding hydrogens is 220 g/mol. The summed E-state index contributed by atoms with van der Waals surface area (Å²) in [5, 5.41) is 9.64. The predicted molar refractivity (Wildman–Crippen MR) is 61.4 cm³/mol. The number of hydrogen-bond donors (Lipinski definition) is 1. The molecule has 2 unspecified atom stereocenters. The van der Waals surface area contributed by atoms with Crippen LogP contribution in [0.5, 0.6) is 11.5 Å². The highest BCUT2D eigenvalue weighted by Crippen LogP contribution is 2.36. The van der Waals surface area contributed by atoms with E-state index in [9.17, 15) is 5.11 Å². The van der Waals surface area contributed by atoms with Gasteiger partial charge in [-0.05, 0) is 24.1 Å². The maximum Gasteiger partial charge on any atom is 0.161 e. The summed E-state index contributed by atoms with van der Waals surface area (Å²) in [6.45, 7) is 1.80. The molecule has 2 heterocycles. The van der Waals surface area contributed by atoms with Crippen molar-refractivity contribution in [3.05, 3.63) is 23.8 Å². The Kier molecular flexibility index (Phi) is 2.91. The minimum absolute atomic E-state index is 0.0328. The zero-order chi connectivity index (χ0) is 11.7. The van der Waals surface area contributed by atoms with Crippen molar-refractivity contribution in [3.63, 3.8) is 0 Å². The molecule has 0 aromatic heterocycles. The fourth-order valence-corrected chi connectivity index (χ4v) is 2.27. The molecule has 1 saturated heterocycles. The number of benzene rings is 1. The molecular formula is C13H16O4. The van der Waals surface area contributed by atoms with Gasteiger partial charge in [-0.15, -0.1) is 0 Å². The minimum atomic E-state index is -0.262. The van der Waals surface area contributed by atoms with Crippen LogP contribution in [0.15, 0.2) is 18.2 Å². The highest BCUT2D eigenvalue weighted by molar-refractivity contribution is 5.44. The molecule has 92 valence electrons. The average molecular weight is 236 g/mol. The van der Waals surface area contributed by atoms with Crippen LogP contribution in [0, 0.1) is 0 Å². The molecule has 0 bridgehead atoms. The van der Waals surface area contributed by atoms with Crippen LogP contribution in [0.3, 0.4) is 0 Å². The lowest BCUT2D eigenvalue weighted by Gasteiger charge is -2.28. The molecule has 0 saturated carbocycles. The summed E-state index contributed by atoms with van der Waals surface area (Å²) in [5.41, 5.74) is 1.05. The van der Waals surface area contributed by atoms with Crippen LogP contribution in [-0.4, -0.2) is 31.0 Å². The van der Waals surface area contributed by atoms with Gasteiger partial charge in [-0.3, -0.25) is 0 Å². The average Bonchev–Trinajstić information content (AvgIpc) is 2.38. The van der Waals surface area contributed by atoms with Crippen LogP contribution < -0.4 is 9.47 Å². The highest BCUT2D eigenvalue weighted by Gasteiger charge is 2.23. The number of aliphatic hydroxyl groups excluding tert-OH is 1. The summed E-state index contributed by atoms with van der Waals surface area (Å²) in [5.74, 6) is 1.56. The second-order valence-corrected chi connectivity index (χ2v) is 4.44. The van der Waals surface area contributed by atoms with Crippen LogP contribution in [0.4, 0.5) is 0 Å². The van der Waals surface area contributed by atoms with Gasteiger partial charge >= 0.3 is 0 Å². The van der Waals surface area contributed by atoms with E-state index in [4.69, 9.17) is 14.2 Å². The number of rotatable bonds is 1. The number of ether oxygens (including phenoxy) is 3. The molecule has 0 aliphatic carbocycles. The van der Waals surface area contributed by atoms with Crippen molar-refractivity contribution in [1.82, 2.24) is 0 Å². The zero-order valence-corrected chi connectivity index (χ0v) is 9.59. The van der Waals surface area contributed by atoms with Crippen LogP contribution >= 0.6 is 0 Å². The second-order valence-electron chi connectivity index (χ2n) is 4.44. The van der Waals surface area contributed by atoms with E-state index in [-0.39, 0.29) is 12.2 Å². The Bertz CT molecular complexity index is 404. The SMILES string of the molecule is OC1CCOC(c2ccc3c(c2)OCCO3)C1. The van der Waals surface area contributed by atoms with Crippen molar-refractivity contribution in [2.75, 3.05) is 19.8 Å². The molecule has 1 N–H and O–H groups in total. The summed E-state index contributed by atoms with van der Waals surface area (Å²) in [4.78, 5) is 0. The Morgan fingerprint density at radius 2 is 1.88 bits per heavy atom. The first-order valence-corrected chi connectivity index (χ1v) is 6.02. The lowest BCUT2D eigenvalue weighted by Crippen LogP contribution is -2.23. The molecule has 0 amide bonds. The standard InChI is InChI=1S/C13H16O4/c14-10-3-4-15-12(8-10)9-1-2-11-13(7-9)17-6-5-16-11/h1-2,7,10,12,14H,3-6,8H2. The van der Waals surface area contributed by atoms with E-state index in [0.29, 0.717) is 26.2 Å². The topological polar surface area (TPSA) is 47.9 Å². The summed E-state index contributed by atoms with van der Waals surface area (Å²) in [6.07, 6.45) is 1.08.